The van der Waals surface area contributed by atoms with Crippen molar-refractivity contribution in [1.29, 1.82) is 0 Å². The van der Waals surface area contributed by atoms with Crippen LogP contribution in [0.15, 0.2) is 22.8 Å². The molecule has 4 rings (SSSR count). The van der Waals surface area contributed by atoms with Crippen molar-refractivity contribution in [2.45, 2.75) is 19.4 Å². The first-order chi connectivity index (χ1) is 9.76. The third-order valence-electron chi connectivity index (χ3n) is 4.68. The predicted molar refractivity (Wildman–Crippen MR) is 82.0 cm³/mol. The summed E-state index contributed by atoms with van der Waals surface area (Å²) in [6.45, 7) is 5.62. The first kappa shape index (κ1) is 12.6. The van der Waals surface area contributed by atoms with E-state index in [1.807, 2.05) is 22.8 Å². The van der Waals surface area contributed by atoms with E-state index >= 15 is 0 Å². The van der Waals surface area contributed by atoms with E-state index in [-0.39, 0.29) is 0 Å². The zero-order valence-electron chi connectivity index (χ0n) is 11.5. The van der Waals surface area contributed by atoms with Crippen LogP contribution in [-0.4, -0.2) is 40.3 Å². The number of aromatic nitrogens is 3. The van der Waals surface area contributed by atoms with Gasteiger partial charge in [-0.25, -0.2) is 4.52 Å². The minimum absolute atomic E-state index is 0.566. The molecule has 6 heteroatoms. The number of nitrogens with zero attached hydrogens (tertiary/aromatic N) is 4. The number of anilines is 1. The normalized spacial score (nSPS) is 29.3. The highest BCUT2D eigenvalue weighted by molar-refractivity contribution is 9.10. The van der Waals surface area contributed by atoms with Crippen molar-refractivity contribution in [2.24, 2.45) is 11.8 Å². The summed E-state index contributed by atoms with van der Waals surface area (Å²) >= 11 is 3.48. The van der Waals surface area contributed by atoms with Crippen LogP contribution in [0.4, 0.5) is 5.95 Å². The molecule has 2 fully saturated rings. The molecule has 106 valence electrons. The second-order valence-corrected chi connectivity index (χ2v) is 6.69. The van der Waals surface area contributed by atoms with Crippen LogP contribution in [0.5, 0.6) is 0 Å². The van der Waals surface area contributed by atoms with Gasteiger partial charge in [0.1, 0.15) is 0 Å². The fourth-order valence-electron chi connectivity index (χ4n) is 3.74. The van der Waals surface area contributed by atoms with Gasteiger partial charge in [0.2, 0.25) is 5.95 Å². The van der Waals surface area contributed by atoms with Crippen LogP contribution in [-0.2, 0) is 0 Å². The van der Waals surface area contributed by atoms with Crippen LogP contribution in [0.2, 0.25) is 0 Å². The molecule has 2 saturated heterocycles. The SMILES string of the molecule is CCC1C2CNCC2CN1c1nc2ccc(Br)cn2n1. The average Bonchev–Trinajstić information content (AvgIpc) is 3.09. The van der Waals surface area contributed by atoms with Gasteiger partial charge in [-0.3, -0.25) is 0 Å². The molecular formula is C14H18BrN5. The standard InChI is InChI=1S/C14H18BrN5/c1-2-12-11-6-16-5-9(11)7-19(12)14-17-13-4-3-10(15)8-20(13)18-14/h3-4,8-9,11-12,16H,2,5-7H2,1H3. The predicted octanol–water partition coefficient (Wildman–Crippen LogP) is 1.93. The molecule has 0 aliphatic carbocycles. The summed E-state index contributed by atoms with van der Waals surface area (Å²) in [6, 6.07) is 4.57. The Balaban J connectivity index is 1.71. The Morgan fingerprint density at radius 2 is 2.30 bits per heavy atom. The lowest BCUT2D eigenvalue weighted by Gasteiger charge is -2.25. The molecular weight excluding hydrogens is 318 g/mol. The lowest BCUT2D eigenvalue weighted by Crippen LogP contribution is -2.35. The number of nitrogens with one attached hydrogen (secondary N) is 1. The Kier molecular flexibility index (Phi) is 2.96. The highest BCUT2D eigenvalue weighted by Crippen LogP contribution is 2.36. The highest BCUT2D eigenvalue weighted by atomic mass is 79.9. The smallest absolute Gasteiger partial charge is 0.245 e. The number of pyridine rings is 1. The molecule has 0 bridgehead atoms. The van der Waals surface area contributed by atoms with Gasteiger partial charge >= 0.3 is 0 Å². The zero-order valence-corrected chi connectivity index (χ0v) is 13.0. The summed E-state index contributed by atoms with van der Waals surface area (Å²) in [5.41, 5.74) is 0.910. The van der Waals surface area contributed by atoms with Gasteiger partial charge in [0.25, 0.3) is 0 Å². The molecule has 20 heavy (non-hydrogen) atoms. The van der Waals surface area contributed by atoms with E-state index in [1.165, 1.54) is 0 Å². The molecule has 5 nitrogen and oxygen atoms in total. The number of rotatable bonds is 2. The molecule has 4 heterocycles. The van der Waals surface area contributed by atoms with Crippen molar-refractivity contribution in [1.82, 2.24) is 19.9 Å². The van der Waals surface area contributed by atoms with Crippen molar-refractivity contribution in [3.63, 3.8) is 0 Å². The monoisotopic (exact) mass is 335 g/mol. The molecule has 2 aromatic rings. The molecule has 0 radical (unpaired) electrons. The summed E-state index contributed by atoms with van der Waals surface area (Å²) < 4.78 is 2.88. The van der Waals surface area contributed by atoms with Gasteiger partial charge in [0.15, 0.2) is 5.65 Å². The topological polar surface area (TPSA) is 45.5 Å². The fourth-order valence-corrected chi connectivity index (χ4v) is 4.07. The van der Waals surface area contributed by atoms with Crippen molar-refractivity contribution in [3.8, 4) is 0 Å². The molecule has 0 saturated carbocycles. The van der Waals surface area contributed by atoms with Crippen molar-refractivity contribution >= 4 is 27.5 Å². The first-order valence-corrected chi connectivity index (χ1v) is 8.05. The largest absolute Gasteiger partial charge is 0.336 e. The minimum Gasteiger partial charge on any atom is -0.336 e. The molecule has 0 aromatic carbocycles. The quantitative estimate of drug-likeness (QED) is 0.910. The average molecular weight is 336 g/mol. The van der Waals surface area contributed by atoms with Crippen LogP contribution >= 0.6 is 15.9 Å². The molecule has 0 spiro atoms. The number of fused-ring (bicyclic) bond motifs is 2. The van der Waals surface area contributed by atoms with E-state index in [4.69, 9.17) is 4.98 Å². The summed E-state index contributed by atoms with van der Waals surface area (Å²) in [6.07, 6.45) is 3.12. The van der Waals surface area contributed by atoms with Crippen LogP contribution in [0.25, 0.3) is 5.65 Å². The van der Waals surface area contributed by atoms with Gasteiger partial charge in [0.05, 0.1) is 0 Å². The lowest BCUT2D eigenvalue weighted by atomic mass is 9.93. The summed E-state index contributed by atoms with van der Waals surface area (Å²) in [4.78, 5) is 7.11. The maximum atomic E-state index is 4.70. The fraction of sp³-hybridized carbons (Fsp3) is 0.571. The van der Waals surface area contributed by atoms with E-state index in [0.29, 0.717) is 6.04 Å². The number of hydrogen-bond donors (Lipinski definition) is 1. The maximum Gasteiger partial charge on any atom is 0.245 e. The van der Waals surface area contributed by atoms with Gasteiger partial charge in [-0.05, 0) is 46.3 Å². The van der Waals surface area contributed by atoms with Gasteiger partial charge in [-0.2, -0.15) is 4.98 Å². The van der Waals surface area contributed by atoms with Crippen LogP contribution in [0.3, 0.4) is 0 Å². The molecule has 2 aromatic heterocycles. The lowest BCUT2D eigenvalue weighted by molar-refractivity contribution is 0.440. The van der Waals surface area contributed by atoms with Gasteiger partial charge in [-0.15, -0.1) is 5.10 Å². The zero-order chi connectivity index (χ0) is 13.7. The molecule has 2 aliphatic heterocycles. The van der Waals surface area contributed by atoms with Crippen LogP contribution in [0, 0.1) is 11.8 Å². The Morgan fingerprint density at radius 1 is 1.40 bits per heavy atom. The van der Waals surface area contributed by atoms with E-state index in [0.717, 1.165) is 54.0 Å². The third-order valence-corrected chi connectivity index (χ3v) is 5.15. The molecule has 1 N–H and O–H groups in total. The van der Waals surface area contributed by atoms with Crippen molar-refractivity contribution in [3.05, 3.63) is 22.8 Å². The number of hydrogen-bond acceptors (Lipinski definition) is 4. The molecule has 3 unspecified atom stereocenters. The van der Waals surface area contributed by atoms with E-state index in [9.17, 15) is 0 Å². The summed E-state index contributed by atoms with van der Waals surface area (Å²) in [5.74, 6) is 2.38. The first-order valence-electron chi connectivity index (χ1n) is 7.25. The Hall–Kier alpha value is -1.14. The van der Waals surface area contributed by atoms with Crippen LogP contribution < -0.4 is 10.2 Å². The second kappa shape index (κ2) is 4.70. The second-order valence-electron chi connectivity index (χ2n) is 5.77. The van der Waals surface area contributed by atoms with E-state index < -0.39 is 0 Å². The third kappa shape index (κ3) is 1.85. The van der Waals surface area contributed by atoms with Gasteiger partial charge in [-0.1, -0.05) is 6.92 Å². The Labute approximate surface area is 126 Å². The summed E-state index contributed by atoms with van der Waals surface area (Å²) in [5, 5.41) is 8.18. The van der Waals surface area contributed by atoms with E-state index in [2.05, 4.69) is 38.2 Å². The Bertz CT molecular complexity index is 640. The van der Waals surface area contributed by atoms with Crippen LogP contribution in [0.1, 0.15) is 13.3 Å². The van der Waals surface area contributed by atoms with Crippen molar-refractivity contribution < 1.29 is 0 Å². The van der Waals surface area contributed by atoms with E-state index in [1.54, 1.807) is 0 Å². The highest BCUT2D eigenvalue weighted by Gasteiger charge is 2.44. The van der Waals surface area contributed by atoms with Gasteiger partial charge < -0.3 is 10.2 Å². The van der Waals surface area contributed by atoms with Gasteiger partial charge in [0, 0.05) is 36.3 Å². The number of halogens is 1. The molecule has 3 atom stereocenters. The Morgan fingerprint density at radius 3 is 3.15 bits per heavy atom. The summed E-state index contributed by atoms with van der Waals surface area (Å²) in [7, 11) is 0. The maximum absolute atomic E-state index is 4.70. The molecule has 2 aliphatic rings. The molecule has 0 amide bonds. The van der Waals surface area contributed by atoms with Crippen molar-refractivity contribution in [2.75, 3.05) is 24.5 Å². The minimum atomic E-state index is 0.566.